The molecule has 2 aliphatic heterocycles. The lowest BCUT2D eigenvalue weighted by Gasteiger charge is -2.40. The number of likely N-dealkylation sites (tertiary alicyclic amines) is 1. The van der Waals surface area contributed by atoms with Crippen LogP contribution in [0.15, 0.2) is 24.4 Å². The number of aromatic nitrogens is 1. The first kappa shape index (κ1) is 12.0. The SMILES string of the molecule is c1ccc(N2CCC(N3CCCCC3)CC2)nc1. The lowest BCUT2D eigenvalue weighted by molar-refractivity contribution is 0.141. The van der Waals surface area contributed by atoms with Gasteiger partial charge >= 0.3 is 0 Å². The molecule has 0 spiro atoms. The van der Waals surface area contributed by atoms with E-state index in [1.165, 1.54) is 45.2 Å². The summed E-state index contributed by atoms with van der Waals surface area (Å²) >= 11 is 0. The minimum atomic E-state index is 0.824. The third-order valence-electron chi connectivity index (χ3n) is 4.34. The molecule has 3 nitrogen and oxygen atoms in total. The second-order valence-electron chi connectivity index (χ2n) is 5.50. The fourth-order valence-electron chi connectivity index (χ4n) is 3.28. The van der Waals surface area contributed by atoms with E-state index in [1.54, 1.807) is 0 Å². The van der Waals surface area contributed by atoms with Gasteiger partial charge < -0.3 is 9.80 Å². The average molecular weight is 245 g/mol. The second-order valence-corrected chi connectivity index (χ2v) is 5.50. The third-order valence-corrected chi connectivity index (χ3v) is 4.34. The molecular weight excluding hydrogens is 222 g/mol. The summed E-state index contributed by atoms with van der Waals surface area (Å²) in [5.41, 5.74) is 0. The number of anilines is 1. The van der Waals surface area contributed by atoms with Gasteiger partial charge in [-0.25, -0.2) is 4.98 Å². The molecule has 3 rings (SSSR count). The van der Waals surface area contributed by atoms with Crippen LogP contribution in [0.2, 0.25) is 0 Å². The molecule has 0 bridgehead atoms. The largest absolute Gasteiger partial charge is 0.357 e. The maximum Gasteiger partial charge on any atom is 0.128 e. The van der Waals surface area contributed by atoms with E-state index in [4.69, 9.17) is 0 Å². The molecule has 0 atom stereocenters. The van der Waals surface area contributed by atoms with Crippen molar-refractivity contribution in [2.75, 3.05) is 31.1 Å². The van der Waals surface area contributed by atoms with E-state index >= 15 is 0 Å². The maximum absolute atomic E-state index is 4.45. The van der Waals surface area contributed by atoms with Gasteiger partial charge in [0.15, 0.2) is 0 Å². The number of rotatable bonds is 2. The van der Waals surface area contributed by atoms with Crippen molar-refractivity contribution in [3.8, 4) is 0 Å². The minimum Gasteiger partial charge on any atom is -0.357 e. The van der Waals surface area contributed by atoms with Crippen LogP contribution in [-0.2, 0) is 0 Å². The van der Waals surface area contributed by atoms with Gasteiger partial charge in [-0.05, 0) is 50.9 Å². The number of hydrogen-bond acceptors (Lipinski definition) is 3. The zero-order valence-corrected chi connectivity index (χ0v) is 11.1. The summed E-state index contributed by atoms with van der Waals surface area (Å²) in [6, 6.07) is 7.02. The van der Waals surface area contributed by atoms with Crippen molar-refractivity contribution in [1.29, 1.82) is 0 Å². The molecule has 0 unspecified atom stereocenters. The van der Waals surface area contributed by atoms with Crippen molar-refractivity contribution in [2.24, 2.45) is 0 Å². The Kier molecular flexibility index (Phi) is 3.79. The minimum absolute atomic E-state index is 0.824. The zero-order valence-electron chi connectivity index (χ0n) is 11.1. The Morgan fingerprint density at radius 1 is 0.944 bits per heavy atom. The van der Waals surface area contributed by atoms with Crippen molar-refractivity contribution in [3.63, 3.8) is 0 Å². The van der Waals surface area contributed by atoms with Crippen LogP contribution in [0.25, 0.3) is 0 Å². The molecule has 98 valence electrons. The molecule has 1 aromatic heterocycles. The Labute approximate surface area is 110 Å². The van der Waals surface area contributed by atoms with E-state index in [0.29, 0.717) is 0 Å². The summed E-state index contributed by atoms with van der Waals surface area (Å²) in [6.07, 6.45) is 8.74. The summed E-state index contributed by atoms with van der Waals surface area (Å²) < 4.78 is 0. The highest BCUT2D eigenvalue weighted by Crippen LogP contribution is 2.23. The molecule has 3 heterocycles. The van der Waals surface area contributed by atoms with Gasteiger partial charge in [0.05, 0.1) is 0 Å². The molecule has 1 aromatic rings. The van der Waals surface area contributed by atoms with E-state index in [2.05, 4.69) is 26.9 Å². The van der Waals surface area contributed by atoms with Crippen LogP contribution < -0.4 is 4.90 Å². The van der Waals surface area contributed by atoms with Gasteiger partial charge in [-0.2, -0.15) is 0 Å². The Bertz CT molecular complexity index is 351. The van der Waals surface area contributed by atoms with Crippen molar-refractivity contribution in [3.05, 3.63) is 24.4 Å². The molecule has 2 aliphatic rings. The van der Waals surface area contributed by atoms with Crippen LogP contribution >= 0.6 is 0 Å². The second kappa shape index (κ2) is 5.70. The monoisotopic (exact) mass is 245 g/mol. The smallest absolute Gasteiger partial charge is 0.128 e. The molecule has 2 saturated heterocycles. The first-order valence-electron chi connectivity index (χ1n) is 7.33. The number of nitrogens with zero attached hydrogens (tertiary/aromatic N) is 3. The van der Waals surface area contributed by atoms with Gasteiger partial charge in [-0.15, -0.1) is 0 Å². The first-order valence-corrected chi connectivity index (χ1v) is 7.33. The summed E-state index contributed by atoms with van der Waals surface area (Å²) in [5.74, 6) is 1.15. The zero-order chi connectivity index (χ0) is 12.2. The van der Waals surface area contributed by atoms with Gasteiger partial charge in [-0.3, -0.25) is 0 Å². The molecule has 0 aromatic carbocycles. The summed E-state index contributed by atoms with van der Waals surface area (Å²) in [4.78, 5) is 9.60. The Morgan fingerprint density at radius 3 is 2.39 bits per heavy atom. The summed E-state index contributed by atoms with van der Waals surface area (Å²) in [7, 11) is 0. The van der Waals surface area contributed by atoms with E-state index in [1.807, 2.05) is 12.3 Å². The molecule has 3 heteroatoms. The van der Waals surface area contributed by atoms with Gasteiger partial charge in [0.1, 0.15) is 5.82 Å². The molecule has 0 aliphatic carbocycles. The lowest BCUT2D eigenvalue weighted by Crippen LogP contribution is -2.46. The third kappa shape index (κ3) is 2.66. The highest BCUT2D eigenvalue weighted by Gasteiger charge is 2.25. The normalized spacial score (nSPS) is 23.2. The number of hydrogen-bond donors (Lipinski definition) is 0. The van der Waals surface area contributed by atoms with E-state index in [0.717, 1.165) is 24.9 Å². The lowest BCUT2D eigenvalue weighted by atomic mass is 10.00. The molecule has 0 N–H and O–H groups in total. The fraction of sp³-hybridized carbons (Fsp3) is 0.667. The highest BCUT2D eigenvalue weighted by atomic mass is 15.2. The predicted molar refractivity (Wildman–Crippen MR) is 74.9 cm³/mol. The van der Waals surface area contributed by atoms with Crippen molar-refractivity contribution in [2.45, 2.75) is 38.1 Å². The van der Waals surface area contributed by atoms with Crippen LogP contribution in [0.5, 0.6) is 0 Å². The van der Waals surface area contributed by atoms with E-state index in [-0.39, 0.29) is 0 Å². The van der Waals surface area contributed by atoms with Gasteiger partial charge in [-0.1, -0.05) is 12.5 Å². The Morgan fingerprint density at radius 2 is 1.72 bits per heavy atom. The standard InChI is InChI=1S/C15H23N3/c1-4-10-17(11-5-1)14-7-12-18(13-8-14)15-6-2-3-9-16-15/h2-3,6,9,14H,1,4-5,7-8,10-13H2. The Balaban J connectivity index is 1.54. The molecule has 0 amide bonds. The molecule has 0 radical (unpaired) electrons. The molecule has 18 heavy (non-hydrogen) atoms. The first-order chi connectivity index (χ1) is 8.93. The quantitative estimate of drug-likeness (QED) is 0.798. The van der Waals surface area contributed by atoms with Gasteiger partial charge in [0.2, 0.25) is 0 Å². The Hall–Kier alpha value is -1.09. The van der Waals surface area contributed by atoms with Gasteiger partial charge in [0.25, 0.3) is 0 Å². The molecule has 2 fully saturated rings. The van der Waals surface area contributed by atoms with E-state index < -0.39 is 0 Å². The number of piperidine rings is 2. The highest BCUT2D eigenvalue weighted by molar-refractivity contribution is 5.38. The fourth-order valence-corrected chi connectivity index (χ4v) is 3.28. The van der Waals surface area contributed by atoms with Crippen LogP contribution in [-0.4, -0.2) is 42.1 Å². The molecular formula is C15H23N3. The maximum atomic E-state index is 4.45. The molecule has 0 saturated carbocycles. The predicted octanol–water partition coefficient (Wildman–Crippen LogP) is 2.54. The summed E-state index contributed by atoms with van der Waals surface area (Å²) in [5, 5.41) is 0. The van der Waals surface area contributed by atoms with Gasteiger partial charge in [0, 0.05) is 25.3 Å². The van der Waals surface area contributed by atoms with Crippen molar-refractivity contribution >= 4 is 5.82 Å². The van der Waals surface area contributed by atoms with Crippen LogP contribution in [0.3, 0.4) is 0 Å². The topological polar surface area (TPSA) is 19.4 Å². The summed E-state index contributed by atoms with van der Waals surface area (Å²) in [6.45, 7) is 4.98. The van der Waals surface area contributed by atoms with Crippen molar-refractivity contribution < 1.29 is 0 Å². The number of pyridine rings is 1. The van der Waals surface area contributed by atoms with E-state index in [9.17, 15) is 0 Å². The van der Waals surface area contributed by atoms with Crippen LogP contribution in [0.1, 0.15) is 32.1 Å². The van der Waals surface area contributed by atoms with Crippen LogP contribution in [0.4, 0.5) is 5.82 Å². The van der Waals surface area contributed by atoms with Crippen LogP contribution in [0, 0.1) is 0 Å². The average Bonchev–Trinajstić information content (AvgIpc) is 2.49. The van der Waals surface area contributed by atoms with Crippen molar-refractivity contribution in [1.82, 2.24) is 9.88 Å².